The Bertz CT molecular complexity index is 1270. The Morgan fingerprint density at radius 1 is 0.774 bits per heavy atom. The Labute approximate surface area is 179 Å². The van der Waals surface area contributed by atoms with E-state index in [2.05, 4.69) is 10.6 Å². The number of carbonyl (C=O) groups is 2. The number of hydrogen-bond donors (Lipinski definition) is 3. The highest BCUT2D eigenvalue weighted by molar-refractivity contribution is 6.11. The van der Waals surface area contributed by atoms with E-state index in [1.54, 1.807) is 42.5 Å². The summed E-state index contributed by atoms with van der Waals surface area (Å²) in [6, 6.07) is 28.5. The molecule has 0 bridgehead atoms. The number of hydrogen-bond acceptors (Lipinski definition) is 3. The smallest absolute Gasteiger partial charge is 0.272 e. The van der Waals surface area contributed by atoms with Gasteiger partial charge in [-0.15, -0.1) is 0 Å². The molecule has 0 saturated heterocycles. The topological polar surface area (TPSA) is 78.4 Å². The Hall–Kier alpha value is -4.38. The number of fused-ring (bicyclic) bond motifs is 1. The van der Waals surface area contributed by atoms with Crippen LogP contribution < -0.4 is 10.6 Å². The molecule has 4 rings (SSSR count). The standard InChI is InChI=1S/C26H20N2O3/c29-22-14-7-13-21(17-22)27-26(31)24(28-25(30)19-9-2-1-3-10-19)16-20-12-6-11-18-8-4-5-15-23(18)20/h1-17,29H,(H,27,31)(H,28,30). The normalized spacial score (nSPS) is 11.2. The maximum atomic E-state index is 13.1. The maximum absolute atomic E-state index is 13.1. The van der Waals surface area contributed by atoms with Gasteiger partial charge in [-0.05, 0) is 46.7 Å². The van der Waals surface area contributed by atoms with Crippen molar-refractivity contribution in [3.05, 3.63) is 114 Å². The minimum absolute atomic E-state index is 0.0331. The highest BCUT2D eigenvalue weighted by Gasteiger charge is 2.15. The van der Waals surface area contributed by atoms with E-state index in [1.807, 2.05) is 48.5 Å². The van der Waals surface area contributed by atoms with Crippen LogP contribution in [0.15, 0.2) is 103 Å². The number of carbonyl (C=O) groups excluding carboxylic acids is 2. The molecule has 4 aromatic rings. The summed E-state index contributed by atoms with van der Waals surface area (Å²) < 4.78 is 0. The fourth-order valence-corrected chi connectivity index (χ4v) is 3.26. The molecule has 152 valence electrons. The first-order valence-corrected chi connectivity index (χ1v) is 9.76. The maximum Gasteiger partial charge on any atom is 0.272 e. The third-order valence-electron chi connectivity index (χ3n) is 4.76. The van der Waals surface area contributed by atoms with Crippen molar-refractivity contribution in [2.75, 3.05) is 5.32 Å². The van der Waals surface area contributed by atoms with Gasteiger partial charge in [-0.3, -0.25) is 9.59 Å². The highest BCUT2D eigenvalue weighted by atomic mass is 16.3. The van der Waals surface area contributed by atoms with Gasteiger partial charge in [-0.25, -0.2) is 0 Å². The molecule has 0 heterocycles. The summed E-state index contributed by atoms with van der Waals surface area (Å²) in [5.41, 5.74) is 1.75. The zero-order valence-corrected chi connectivity index (χ0v) is 16.6. The lowest BCUT2D eigenvalue weighted by Crippen LogP contribution is -2.30. The molecular weight excluding hydrogens is 388 g/mol. The predicted octanol–water partition coefficient (Wildman–Crippen LogP) is 4.96. The zero-order valence-electron chi connectivity index (χ0n) is 16.6. The van der Waals surface area contributed by atoms with Crippen molar-refractivity contribution in [1.82, 2.24) is 5.32 Å². The molecule has 4 aromatic carbocycles. The van der Waals surface area contributed by atoms with Gasteiger partial charge in [0.05, 0.1) is 0 Å². The van der Waals surface area contributed by atoms with E-state index in [0.29, 0.717) is 11.3 Å². The molecular formula is C26H20N2O3. The van der Waals surface area contributed by atoms with Crippen LogP contribution >= 0.6 is 0 Å². The van der Waals surface area contributed by atoms with Crippen LogP contribution in [-0.4, -0.2) is 16.9 Å². The van der Waals surface area contributed by atoms with E-state index in [1.165, 1.54) is 12.1 Å². The third kappa shape index (κ3) is 4.79. The molecule has 0 radical (unpaired) electrons. The summed E-state index contributed by atoms with van der Waals surface area (Å²) in [6.07, 6.45) is 1.65. The number of aromatic hydroxyl groups is 1. The lowest BCUT2D eigenvalue weighted by molar-refractivity contribution is -0.113. The van der Waals surface area contributed by atoms with Crippen LogP contribution in [0.4, 0.5) is 5.69 Å². The molecule has 0 aromatic heterocycles. The number of amides is 2. The molecule has 2 amide bonds. The predicted molar refractivity (Wildman–Crippen MR) is 123 cm³/mol. The van der Waals surface area contributed by atoms with Crippen molar-refractivity contribution in [2.24, 2.45) is 0 Å². The number of nitrogens with one attached hydrogen (secondary N) is 2. The van der Waals surface area contributed by atoms with Crippen molar-refractivity contribution in [1.29, 1.82) is 0 Å². The van der Waals surface area contributed by atoms with Gasteiger partial charge in [-0.1, -0.05) is 66.7 Å². The number of rotatable bonds is 5. The van der Waals surface area contributed by atoms with Crippen LogP contribution in [0.1, 0.15) is 15.9 Å². The average molecular weight is 408 g/mol. The van der Waals surface area contributed by atoms with Crippen LogP contribution in [0, 0.1) is 0 Å². The van der Waals surface area contributed by atoms with E-state index in [4.69, 9.17) is 0 Å². The van der Waals surface area contributed by atoms with Crippen LogP contribution in [0.5, 0.6) is 5.75 Å². The monoisotopic (exact) mass is 408 g/mol. The molecule has 5 heteroatoms. The van der Waals surface area contributed by atoms with Crippen molar-refractivity contribution in [2.45, 2.75) is 0 Å². The minimum Gasteiger partial charge on any atom is -0.508 e. The SMILES string of the molecule is O=C(Nc1cccc(O)c1)C(=Cc1cccc2ccccc12)NC(=O)c1ccccc1. The fraction of sp³-hybridized carbons (Fsp3) is 0. The van der Waals surface area contributed by atoms with Crippen molar-refractivity contribution < 1.29 is 14.7 Å². The van der Waals surface area contributed by atoms with Gasteiger partial charge in [-0.2, -0.15) is 0 Å². The minimum atomic E-state index is -0.497. The Balaban J connectivity index is 1.71. The summed E-state index contributed by atoms with van der Waals surface area (Å²) in [5, 5.41) is 17.1. The largest absolute Gasteiger partial charge is 0.508 e. The third-order valence-corrected chi connectivity index (χ3v) is 4.76. The Kier molecular flexibility index (Phi) is 5.76. The van der Waals surface area contributed by atoms with Gasteiger partial charge in [0, 0.05) is 17.3 Å². The van der Waals surface area contributed by atoms with E-state index in [0.717, 1.165) is 16.3 Å². The summed E-state index contributed by atoms with van der Waals surface area (Å²) in [4.78, 5) is 25.8. The van der Waals surface area contributed by atoms with Gasteiger partial charge >= 0.3 is 0 Å². The first-order chi connectivity index (χ1) is 15.1. The van der Waals surface area contributed by atoms with Crippen molar-refractivity contribution in [3.63, 3.8) is 0 Å². The fourth-order valence-electron chi connectivity index (χ4n) is 3.26. The summed E-state index contributed by atoms with van der Waals surface area (Å²) in [7, 11) is 0. The van der Waals surface area contributed by atoms with E-state index < -0.39 is 11.8 Å². The first-order valence-electron chi connectivity index (χ1n) is 9.76. The lowest BCUT2D eigenvalue weighted by Gasteiger charge is -2.12. The number of benzene rings is 4. The summed E-state index contributed by atoms with van der Waals surface area (Å²) >= 11 is 0. The average Bonchev–Trinajstić information content (AvgIpc) is 2.79. The van der Waals surface area contributed by atoms with Crippen molar-refractivity contribution in [3.8, 4) is 5.75 Å². The van der Waals surface area contributed by atoms with Gasteiger partial charge in [0.15, 0.2) is 0 Å². The van der Waals surface area contributed by atoms with Crippen LogP contribution in [0.2, 0.25) is 0 Å². The van der Waals surface area contributed by atoms with Crippen molar-refractivity contribution >= 4 is 34.4 Å². The second-order valence-electron chi connectivity index (χ2n) is 6.95. The van der Waals surface area contributed by atoms with Crippen LogP contribution in [0.3, 0.4) is 0 Å². The molecule has 0 unspecified atom stereocenters. The van der Waals surface area contributed by atoms with Gasteiger partial charge in [0.1, 0.15) is 11.4 Å². The molecule has 0 aliphatic carbocycles. The van der Waals surface area contributed by atoms with Crippen LogP contribution in [-0.2, 0) is 4.79 Å². The molecule has 0 fully saturated rings. The molecule has 0 aliphatic rings. The first kappa shape index (κ1) is 19.9. The molecule has 5 nitrogen and oxygen atoms in total. The molecule has 31 heavy (non-hydrogen) atoms. The molecule has 0 aliphatic heterocycles. The molecule has 0 spiro atoms. The Morgan fingerprint density at radius 3 is 2.29 bits per heavy atom. The zero-order chi connectivity index (χ0) is 21.6. The van der Waals surface area contributed by atoms with Gasteiger partial charge in [0.2, 0.25) is 0 Å². The van der Waals surface area contributed by atoms with E-state index in [9.17, 15) is 14.7 Å². The Morgan fingerprint density at radius 2 is 1.48 bits per heavy atom. The quantitative estimate of drug-likeness (QED) is 0.409. The number of phenols is 1. The summed E-state index contributed by atoms with van der Waals surface area (Å²) in [6.45, 7) is 0. The second-order valence-corrected chi connectivity index (χ2v) is 6.95. The van der Waals surface area contributed by atoms with E-state index in [-0.39, 0.29) is 11.4 Å². The van der Waals surface area contributed by atoms with Gasteiger partial charge in [0.25, 0.3) is 11.8 Å². The molecule has 0 saturated carbocycles. The lowest BCUT2D eigenvalue weighted by atomic mass is 10.0. The summed E-state index contributed by atoms with van der Waals surface area (Å²) in [5.74, 6) is -0.855. The van der Waals surface area contributed by atoms with Crippen LogP contribution in [0.25, 0.3) is 16.8 Å². The molecule has 0 atom stereocenters. The second kappa shape index (κ2) is 8.97. The number of anilines is 1. The highest BCUT2D eigenvalue weighted by Crippen LogP contribution is 2.22. The van der Waals surface area contributed by atoms with Gasteiger partial charge < -0.3 is 15.7 Å². The van der Waals surface area contributed by atoms with E-state index >= 15 is 0 Å². The molecule has 3 N–H and O–H groups in total. The number of phenolic OH excluding ortho intramolecular Hbond substituents is 1.